The number of nitrogens with two attached hydrogens (primary N) is 1. The van der Waals surface area contributed by atoms with Gasteiger partial charge in [0.1, 0.15) is 0 Å². The van der Waals surface area contributed by atoms with Crippen molar-refractivity contribution < 1.29 is 9.90 Å². The predicted molar refractivity (Wildman–Crippen MR) is 47.7 cm³/mol. The fraction of sp³-hybridized carbons (Fsp3) is 0.875. The summed E-state index contributed by atoms with van der Waals surface area (Å²) in [6, 6.07) is -0.454. The third kappa shape index (κ3) is 4.96. The molecule has 0 aliphatic rings. The first-order valence-electron chi connectivity index (χ1n) is 4.30. The smallest absolute Gasteiger partial charge is 0.314 e. The summed E-state index contributed by atoms with van der Waals surface area (Å²) in [5.74, 6) is 0. The minimum Gasteiger partial charge on any atom is -0.392 e. The first-order valence-corrected chi connectivity index (χ1v) is 4.30. The molecule has 0 aliphatic heterocycles. The number of aliphatic hydroxyl groups excluding tert-OH is 1. The summed E-state index contributed by atoms with van der Waals surface area (Å²) < 4.78 is 0. The molecule has 1 atom stereocenters. The number of nitrogens with zero attached hydrogens (tertiary/aromatic N) is 1. The third-order valence-corrected chi connectivity index (χ3v) is 1.58. The first kappa shape index (κ1) is 11.2. The molecule has 72 valence electrons. The fourth-order valence-corrected chi connectivity index (χ4v) is 0.959. The van der Waals surface area contributed by atoms with E-state index in [9.17, 15) is 4.79 Å². The van der Waals surface area contributed by atoms with Crippen molar-refractivity contribution in [3.63, 3.8) is 0 Å². The standard InChI is InChI=1S/C8H18N2O2/c1-3-4-5-10(8(9)12)6-7(2)11/h7,11H,3-6H2,1-2H3,(H2,9,12). The van der Waals surface area contributed by atoms with Gasteiger partial charge in [0.05, 0.1) is 6.10 Å². The van der Waals surface area contributed by atoms with Crippen molar-refractivity contribution in [2.24, 2.45) is 5.73 Å². The summed E-state index contributed by atoms with van der Waals surface area (Å²) >= 11 is 0. The van der Waals surface area contributed by atoms with Crippen molar-refractivity contribution in [1.82, 2.24) is 4.90 Å². The van der Waals surface area contributed by atoms with Gasteiger partial charge >= 0.3 is 6.03 Å². The van der Waals surface area contributed by atoms with E-state index in [0.29, 0.717) is 13.1 Å². The Balaban J connectivity index is 3.78. The van der Waals surface area contributed by atoms with E-state index in [1.165, 1.54) is 4.90 Å². The molecule has 0 heterocycles. The molecule has 1 unspecified atom stereocenters. The SMILES string of the molecule is CCCCN(CC(C)O)C(N)=O. The van der Waals surface area contributed by atoms with E-state index in [1.807, 2.05) is 6.92 Å². The van der Waals surface area contributed by atoms with E-state index in [-0.39, 0.29) is 0 Å². The summed E-state index contributed by atoms with van der Waals surface area (Å²) in [6.45, 7) is 4.65. The highest BCUT2D eigenvalue weighted by Crippen LogP contribution is 1.96. The molecular weight excluding hydrogens is 156 g/mol. The van der Waals surface area contributed by atoms with Gasteiger partial charge in [-0.2, -0.15) is 0 Å². The highest BCUT2D eigenvalue weighted by Gasteiger charge is 2.10. The number of carbonyl (C=O) groups excluding carboxylic acids is 1. The topological polar surface area (TPSA) is 66.6 Å². The number of rotatable bonds is 5. The van der Waals surface area contributed by atoms with Crippen LogP contribution in [0.4, 0.5) is 4.79 Å². The lowest BCUT2D eigenvalue weighted by Gasteiger charge is -2.21. The molecule has 0 aliphatic carbocycles. The summed E-state index contributed by atoms with van der Waals surface area (Å²) in [5.41, 5.74) is 5.10. The molecule has 0 aromatic carbocycles. The summed E-state index contributed by atoms with van der Waals surface area (Å²) in [5, 5.41) is 9.02. The molecule has 4 nitrogen and oxygen atoms in total. The second kappa shape index (κ2) is 5.83. The number of amides is 2. The Kier molecular flexibility index (Phi) is 5.45. The molecule has 0 aromatic heterocycles. The first-order chi connectivity index (χ1) is 5.57. The minimum absolute atomic E-state index is 0.329. The molecule has 3 N–H and O–H groups in total. The normalized spacial score (nSPS) is 12.6. The van der Waals surface area contributed by atoms with Crippen molar-refractivity contribution in [1.29, 1.82) is 0 Å². The van der Waals surface area contributed by atoms with Crippen LogP contribution >= 0.6 is 0 Å². The van der Waals surface area contributed by atoms with Crippen LogP contribution in [0.5, 0.6) is 0 Å². The molecule has 0 bridgehead atoms. The van der Waals surface area contributed by atoms with Crippen molar-refractivity contribution in [3.05, 3.63) is 0 Å². The average molecular weight is 174 g/mol. The number of aliphatic hydroxyl groups is 1. The zero-order valence-electron chi connectivity index (χ0n) is 7.79. The van der Waals surface area contributed by atoms with Crippen molar-refractivity contribution in [2.75, 3.05) is 13.1 Å². The summed E-state index contributed by atoms with van der Waals surface area (Å²) in [4.78, 5) is 12.2. The number of unbranched alkanes of at least 4 members (excludes halogenated alkanes) is 1. The second-order valence-electron chi connectivity index (χ2n) is 2.99. The zero-order valence-corrected chi connectivity index (χ0v) is 7.79. The predicted octanol–water partition coefficient (Wildman–Crippen LogP) is 0.548. The van der Waals surface area contributed by atoms with Crippen molar-refractivity contribution >= 4 is 6.03 Å². The maximum Gasteiger partial charge on any atom is 0.314 e. The van der Waals surface area contributed by atoms with Crippen LogP contribution in [0.25, 0.3) is 0 Å². The molecule has 12 heavy (non-hydrogen) atoms. The quantitative estimate of drug-likeness (QED) is 0.639. The minimum atomic E-state index is -0.505. The van der Waals surface area contributed by atoms with Gasteiger partial charge in [0.15, 0.2) is 0 Å². The third-order valence-electron chi connectivity index (χ3n) is 1.58. The van der Waals surface area contributed by atoms with Gasteiger partial charge in [0, 0.05) is 13.1 Å². The summed E-state index contributed by atoms with van der Waals surface area (Å²) in [7, 11) is 0. The highest BCUT2D eigenvalue weighted by molar-refractivity contribution is 5.71. The van der Waals surface area contributed by atoms with Crippen molar-refractivity contribution in [2.45, 2.75) is 32.8 Å². The van der Waals surface area contributed by atoms with Crippen molar-refractivity contribution in [3.8, 4) is 0 Å². The van der Waals surface area contributed by atoms with E-state index in [0.717, 1.165) is 12.8 Å². The van der Waals surface area contributed by atoms with E-state index < -0.39 is 12.1 Å². The number of hydrogen-bond donors (Lipinski definition) is 2. The van der Waals surface area contributed by atoms with Crippen LogP contribution in [0, 0.1) is 0 Å². The van der Waals surface area contributed by atoms with Gasteiger partial charge in [-0.15, -0.1) is 0 Å². The van der Waals surface area contributed by atoms with Gasteiger partial charge in [-0.1, -0.05) is 13.3 Å². The molecule has 0 radical (unpaired) electrons. The van der Waals surface area contributed by atoms with Gasteiger partial charge in [0.25, 0.3) is 0 Å². The van der Waals surface area contributed by atoms with E-state index in [4.69, 9.17) is 10.8 Å². The molecular formula is C8H18N2O2. The lowest BCUT2D eigenvalue weighted by Crippen LogP contribution is -2.40. The zero-order chi connectivity index (χ0) is 9.56. The number of urea groups is 1. The maximum absolute atomic E-state index is 10.8. The Bertz CT molecular complexity index is 137. The Morgan fingerprint density at radius 3 is 2.58 bits per heavy atom. The molecule has 4 heteroatoms. The Morgan fingerprint density at radius 1 is 1.67 bits per heavy atom. The number of hydrogen-bond acceptors (Lipinski definition) is 2. The maximum atomic E-state index is 10.8. The molecule has 0 saturated heterocycles. The van der Waals surface area contributed by atoms with E-state index in [1.54, 1.807) is 6.92 Å². The van der Waals surface area contributed by atoms with Gasteiger partial charge in [-0.05, 0) is 13.3 Å². The molecule has 2 amide bonds. The van der Waals surface area contributed by atoms with E-state index >= 15 is 0 Å². The lowest BCUT2D eigenvalue weighted by atomic mass is 10.3. The Labute approximate surface area is 73.3 Å². The van der Waals surface area contributed by atoms with Gasteiger partial charge < -0.3 is 15.7 Å². The molecule has 0 spiro atoms. The van der Waals surface area contributed by atoms with Crippen LogP contribution in [0.15, 0.2) is 0 Å². The van der Waals surface area contributed by atoms with Crippen LogP contribution in [0.1, 0.15) is 26.7 Å². The largest absolute Gasteiger partial charge is 0.392 e. The highest BCUT2D eigenvalue weighted by atomic mass is 16.3. The monoisotopic (exact) mass is 174 g/mol. The number of primary amides is 1. The molecule has 0 aromatic rings. The number of carbonyl (C=O) groups is 1. The fourth-order valence-electron chi connectivity index (χ4n) is 0.959. The van der Waals surface area contributed by atoms with E-state index in [2.05, 4.69) is 0 Å². The lowest BCUT2D eigenvalue weighted by molar-refractivity contribution is 0.136. The van der Waals surface area contributed by atoms with Gasteiger partial charge in [-0.3, -0.25) is 0 Å². The molecule has 0 saturated carbocycles. The van der Waals surface area contributed by atoms with Crippen LogP contribution in [-0.2, 0) is 0 Å². The van der Waals surface area contributed by atoms with Gasteiger partial charge in [0.2, 0.25) is 0 Å². The Hall–Kier alpha value is -0.770. The molecule has 0 rings (SSSR count). The second-order valence-corrected chi connectivity index (χ2v) is 2.99. The average Bonchev–Trinajstić information content (AvgIpc) is 1.96. The summed E-state index contributed by atoms with van der Waals surface area (Å²) in [6.07, 6.45) is 1.44. The molecule has 0 fully saturated rings. The van der Waals surface area contributed by atoms with Crippen LogP contribution in [0.3, 0.4) is 0 Å². The van der Waals surface area contributed by atoms with Gasteiger partial charge in [-0.25, -0.2) is 4.79 Å². The van der Waals surface area contributed by atoms with Crippen LogP contribution < -0.4 is 5.73 Å². The van der Waals surface area contributed by atoms with Crippen LogP contribution in [-0.4, -0.2) is 35.2 Å². The Morgan fingerprint density at radius 2 is 2.25 bits per heavy atom. The van der Waals surface area contributed by atoms with Crippen LogP contribution in [0.2, 0.25) is 0 Å².